The molecule has 3 aromatic rings. The molecule has 1 amide bonds. The third kappa shape index (κ3) is 2.22. The minimum atomic E-state index is -0.104. The van der Waals surface area contributed by atoms with Crippen LogP contribution in [0.25, 0.3) is 11.0 Å². The molecule has 0 saturated carbocycles. The summed E-state index contributed by atoms with van der Waals surface area (Å²) in [4.78, 5) is 12.4. The third-order valence-electron chi connectivity index (χ3n) is 3.61. The third-order valence-corrected chi connectivity index (χ3v) is 4.75. The first-order valence-electron chi connectivity index (χ1n) is 6.71. The summed E-state index contributed by atoms with van der Waals surface area (Å²) in [6.45, 7) is 0.940. The average molecular weight is 343 g/mol. The molecule has 2 aromatic carbocycles. The number of carbonyl (C=O) groups excluding carboxylic acids is 1. The van der Waals surface area contributed by atoms with Gasteiger partial charge in [-0.25, -0.2) is 0 Å². The Morgan fingerprint density at radius 2 is 2.19 bits per heavy atom. The van der Waals surface area contributed by atoms with Gasteiger partial charge < -0.3 is 0 Å². The predicted octanol–water partition coefficient (Wildman–Crippen LogP) is 1.91. The van der Waals surface area contributed by atoms with Crippen LogP contribution in [-0.4, -0.2) is 35.4 Å². The van der Waals surface area contributed by atoms with E-state index in [1.54, 1.807) is 0 Å². The fourth-order valence-electron chi connectivity index (χ4n) is 2.55. The topological polar surface area (TPSA) is 66.9 Å². The van der Waals surface area contributed by atoms with Crippen LogP contribution in [0.2, 0.25) is 0 Å². The van der Waals surface area contributed by atoms with E-state index < -0.39 is 0 Å². The Balaban J connectivity index is 1.65. The molecule has 0 saturated heterocycles. The van der Waals surface area contributed by atoms with Crippen molar-refractivity contribution in [2.24, 2.45) is 0 Å². The Morgan fingerprint density at radius 1 is 1.24 bits per heavy atom. The predicted molar refractivity (Wildman–Crippen MR) is 83.1 cm³/mol. The van der Waals surface area contributed by atoms with Crippen LogP contribution < -0.4 is 10.6 Å². The van der Waals surface area contributed by atoms with E-state index in [4.69, 9.17) is 0 Å². The van der Waals surface area contributed by atoms with Gasteiger partial charge in [0.15, 0.2) is 0 Å². The second-order valence-electron chi connectivity index (χ2n) is 4.94. The van der Waals surface area contributed by atoms with Gasteiger partial charge in [-0.2, -0.15) is 0 Å². The average Bonchev–Trinajstić information content (AvgIpc) is 3.15. The first kappa shape index (κ1) is 12.6. The molecule has 2 N–H and O–H groups in total. The maximum atomic E-state index is 12.4. The van der Waals surface area contributed by atoms with Crippen molar-refractivity contribution in [3.8, 4) is 0 Å². The summed E-state index contributed by atoms with van der Waals surface area (Å²) in [6, 6.07) is 11.5. The van der Waals surface area contributed by atoms with E-state index in [0.717, 1.165) is 35.4 Å². The van der Waals surface area contributed by atoms with Crippen molar-refractivity contribution in [3.05, 3.63) is 47.5 Å². The number of rotatable bonds is 2. The van der Waals surface area contributed by atoms with E-state index in [0.29, 0.717) is 5.56 Å². The van der Waals surface area contributed by atoms with E-state index in [1.807, 2.05) is 36.4 Å². The number of benzene rings is 2. The fourth-order valence-corrected chi connectivity index (χ4v) is 3.70. The SMILES string of the molecule is O=C(Nc1cccc2n[se]nc12)c1ccc2c(c1)CCN2. The second kappa shape index (κ2) is 4.98. The van der Waals surface area contributed by atoms with Crippen molar-refractivity contribution < 1.29 is 4.79 Å². The first-order chi connectivity index (χ1) is 10.3. The van der Waals surface area contributed by atoms with Gasteiger partial charge in [0.25, 0.3) is 0 Å². The molecule has 104 valence electrons. The Labute approximate surface area is 127 Å². The molecule has 0 atom stereocenters. The molecule has 0 unspecified atom stereocenters. The molecular weight excluding hydrogens is 331 g/mol. The minimum absolute atomic E-state index is 0.0948. The monoisotopic (exact) mass is 344 g/mol. The van der Waals surface area contributed by atoms with Gasteiger partial charge in [-0.1, -0.05) is 0 Å². The Bertz CT molecular complexity index is 843. The molecule has 1 aliphatic rings. The Morgan fingerprint density at radius 3 is 3.14 bits per heavy atom. The number of amides is 1. The van der Waals surface area contributed by atoms with Crippen LogP contribution in [0, 0.1) is 0 Å². The van der Waals surface area contributed by atoms with Gasteiger partial charge in [-0.05, 0) is 0 Å². The van der Waals surface area contributed by atoms with Crippen molar-refractivity contribution in [1.29, 1.82) is 0 Å². The zero-order valence-corrected chi connectivity index (χ0v) is 12.8. The van der Waals surface area contributed by atoms with Crippen LogP contribution in [0.3, 0.4) is 0 Å². The van der Waals surface area contributed by atoms with Gasteiger partial charge in [0.2, 0.25) is 0 Å². The normalized spacial score (nSPS) is 13.0. The molecule has 0 aliphatic carbocycles. The number of hydrogen-bond acceptors (Lipinski definition) is 4. The summed E-state index contributed by atoms with van der Waals surface area (Å²) in [5, 5.41) is 6.24. The molecule has 2 heterocycles. The number of anilines is 2. The summed E-state index contributed by atoms with van der Waals surface area (Å²) >= 11 is -0.0948. The van der Waals surface area contributed by atoms with E-state index in [-0.39, 0.29) is 20.9 Å². The van der Waals surface area contributed by atoms with Crippen molar-refractivity contribution in [2.75, 3.05) is 17.2 Å². The quantitative estimate of drug-likeness (QED) is 0.698. The van der Waals surface area contributed by atoms with Crippen LogP contribution in [0.4, 0.5) is 11.4 Å². The molecule has 5 nitrogen and oxygen atoms in total. The van der Waals surface area contributed by atoms with Crippen LogP contribution >= 0.6 is 0 Å². The summed E-state index contributed by atoms with van der Waals surface area (Å²) in [7, 11) is 0. The first-order valence-corrected chi connectivity index (χ1v) is 8.24. The van der Waals surface area contributed by atoms with Gasteiger partial charge >= 0.3 is 127 Å². The van der Waals surface area contributed by atoms with Gasteiger partial charge in [0.1, 0.15) is 0 Å². The molecule has 21 heavy (non-hydrogen) atoms. The number of fused-ring (bicyclic) bond motifs is 2. The van der Waals surface area contributed by atoms with Crippen molar-refractivity contribution in [2.45, 2.75) is 6.42 Å². The Kier molecular flexibility index (Phi) is 2.98. The zero-order valence-electron chi connectivity index (χ0n) is 11.1. The van der Waals surface area contributed by atoms with Gasteiger partial charge in [-0.3, -0.25) is 0 Å². The summed E-state index contributed by atoms with van der Waals surface area (Å²) < 4.78 is 8.70. The van der Waals surface area contributed by atoms with Crippen LogP contribution in [0.15, 0.2) is 36.4 Å². The van der Waals surface area contributed by atoms with E-state index in [9.17, 15) is 4.79 Å². The Hall–Kier alpha value is -2.17. The number of nitrogens with one attached hydrogen (secondary N) is 2. The molecule has 0 bridgehead atoms. The van der Waals surface area contributed by atoms with Crippen molar-refractivity contribution in [1.82, 2.24) is 7.96 Å². The molecule has 6 heteroatoms. The molecule has 0 radical (unpaired) electrons. The zero-order chi connectivity index (χ0) is 14.2. The maximum absolute atomic E-state index is 12.4. The van der Waals surface area contributed by atoms with Gasteiger partial charge in [0.05, 0.1) is 0 Å². The standard InChI is InChI=1S/C15H12N4OSe/c20-15(10-4-5-11-9(8-10)6-7-16-11)17-12-2-1-3-13-14(12)19-21-18-13/h1-5,8,16H,6-7H2,(H,17,20). The fraction of sp³-hybridized carbons (Fsp3) is 0.133. The van der Waals surface area contributed by atoms with Crippen LogP contribution in [0.1, 0.15) is 15.9 Å². The van der Waals surface area contributed by atoms with Gasteiger partial charge in [-0.15, -0.1) is 0 Å². The van der Waals surface area contributed by atoms with Gasteiger partial charge in [0, 0.05) is 0 Å². The van der Waals surface area contributed by atoms with Crippen molar-refractivity contribution in [3.63, 3.8) is 0 Å². The van der Waals surface area contributed by atoms with Crippen LogP contribution in [0.5, 0.6) is 0 Å². The molecule has 1 aliphatic heterocycles. The van der Waals surface area contributed by atoms with E-state index in [1.165, 1.54) is 5.56 Å². The van der Waals surface area contributed by atoms with Crippen molar-refractivity contribution >= 4 is 43.3 Å². The molecule has 0 fully saturated rings. The van der Waals surface area contributed by atoms with Crippen LogP contribution in [-0.2, 0) is 6.42 Å². The summed E-state index contributed by atoms with van der Waals surface area (Å²) in [6.07, 6.45) is 0.966. The number of aromatic nitrogens is 2. The molecule has 0 spiro atoms. The second-order valence-corrected chi connectivity index (χ2v) is 6.05. The number of hydrogen-bond donors (Lipinski definition) is 2. The van der Waals surface area contributed by atoms with E-state index in [2.05, 4.69) is 18.6 Å². The summed E-state index contributed by atoms with van der Waals surface area (Å²) in [5.41, 5.74) is 5.40. The van der Waals surface area contributed by atoms with E-state index >= 15 is 0 Å². The molecule has 1 aromatic heterocycles. The summed E-state index contributed by atoms with van der Waals surface area (Å²) in [5.74, 6) is -0.104. The molecule has 4 rings (SSSR count). The number of carbonyl (C=O) groups is 1. The molecular formula is C15H12N4OSe. The number of nitrogens with zero attached hydrogens (tertiary/aromatic N) is 2.